The first kappa shape index (κ1) is 25.6. The molecular formula is C32H36B2O2P2. The summed E-state index contributed by atoms with van der Waals surface area (Å²) in [7, 11) is 0.811. The predicted octanol–water partition coefficient (Wildman–Crippen LogP) is 3.20. The average Bonchev–Trinajstić information content (AvgIpc) is 3.51. The zero-order chi connectivity index (χ0) is 26.2. The molecule has 0 unspecified atom stereocenters. The number of fused-ring (bicyclic) bond motifs is 1. The van der Waals surface area contributed by atoms with Crippen LogP contribution in [0.3, 0.4) is 0 Å². The van der Waals surface area contributed by atoms with Gasteiger partial charge in [-0.2, -0.15) is 0 Å². The topological polar surface area (TPSA) is 26.3 Å². The first-order valence-electron chi connectivity index (χ1n) is 13.9. The van der Waals surface area contributed by atoms with Gasteiger partial charge in [0, 0.05) is 0 Å². The Kier molecular flexibility index (Phi) is 7.07. The van der Waals surface area contributed by atoms with Gasteiger partial charge in [-0.3, -0.25) is 0 Å². The van der Waals surface area contributed by atoms with E-state index in [0.29, 0.717) is 23.9 Å². The summed E-state index contributed by atoms with van der Waals surface area (Å²) >= 11 is 0. The van der Waals surface area contributed by atoms with Gasteiger partial charge in [0.1, 0.15) is 0 Å². The molecule has 0 N–H and O–H groups in total. The second kappa shape index (κ2) is 10.5. The maximum atomic E-state index is 12.6. The van der Waals surface area contributed by atoms with Crippen LogP contribution in [0.4, 0.5) is 0 Å². The first-order valence-corrected chi connectivity index (χ1v) is 19.2. The SMILES string of the molecule is B[PH](C[C@@H]1[C@H]2CC(=O)O[C@H]2C[C@@H]1[PH](B)(c1ccccc1)c1ccccc1)(c1ccccc1)c1ccccc1. The van der Waals surface area contributed by atoms with Crippen LogP contribution in [0.15, 0.2) is 121 Å². The molecule has 2 fully saturated rings. The Hall–Kier alpha value is -2.66. The van der Waals surface area contributed by atoms with Crippen LogP contribution < -0.4 is 21.2 Å². The molecule has 0 radical (unpaired) electrons. The Morgan fingerprint density at radius 1 is 0.658 bits per heavy atom. The van der Waals surface area contributed by atoms with Gasteiger partial charge in [0.05, 0.1) is 0 Å². The second-order valence-corrected chi connectivity index (χ2v) is 20.1. The van der Waals surface area contributed by atoms with Crippen LogP contribution >= 0.6 is 14.3 Å². The van der Waals surface area contributed by atoms with Crippen LogP contribution in [0, 0.1) is 11.8 Å². The third-order valence-electron chi connectivity index (χ3n) is 9.67. The van der Waals surface area contributed by atoms with Gasteiger partial charge in [0.2, 0.25) is 0 Å². The van der Waals surface area contributed by atoms with Gasteiger partial charge < -0.3 is 0 Å². The molecule has 1 aliphatic heterocycles. The number of rotatable bonds is 7. The van der Waals surface area contributed by atoms with Gasteiger partial charge in [0.25, 0.3) is 0 Å². The van der Waals surface area contributed by atoms with Crippen molar-refractivity contribution in [3.8, 4) is 0 Å². The molecule has 6 rings (SSSR count). The zero-order valence-corrected chi connectivity index (χ0v) is 24.3. The van der Waals surface area contributed by atoms with Crippen LogP contribution in [0.1, 0.15) is 12.8 Å². The van der Waals surface area contributed by atoms with Crippen LogP contribution in [-0.2, 0) is 9.53 Å². The Morgan fingerprint density at radius 3 is 1.53 bits per heavy atom. The number of carbonyl (C=O) groups excluding carboxylic acids is 1. The molecule has 4 aromatic carbocycles. The summed E-state index contributed by atoms with van der Waals surface area (Å²) in [6.07, 6.45) is 2.71. The van der Waals surface area contributed by atoms with E-state index in [1.54, 1.807) is 0 Å². The van der Waals surface area contributed by atoms with E-state index in [4.69, 9.17) is 4.74 Å². The molecule has 6 heteroatoms. The fraction of sp³-hybridized carbons (Fsp3) is 0.219. The average molecular weight is 536 g/mol. The van der Waals surface area contributed by atoms with E-state index in [-0.39, 0.29) is 12.1 Å². The van der Waals surface area contributed by atoms with Gasteiger partial charge in [-0.25, -0.2) is 0 Å². The van der Waals surface area contributed by atoms with Crippen LogP contribution in [0.5, 0.6) is 0 Å². The molecule has 0 spiro atoms. The Bertz CT molecular complexity index is 1310. The van der Waals surface area contributed by atoms with E-state index in [1.165, 1.54) is 21.2 Å². The second-order valence-electron chi connectivity index (χ2n) is 11.6. The molecule has 2 aliphatic rings. The molecule has 0 aromatic heterocycles. The summed E-state index contributed by atoms with van der Waals surface area (Å²) in [5.74, 6) is 0.723. The normalized spacial score (nSPS) is 23.9. The van der Waals surface area contributed by atoms with Crippen molar-refractivity contribution in [3.63, 3.8) is 0 Å². The predicted molar refractivity (Wildman–Crippen MR) is 173 cm³/mol. The van der Waals surface area contributed by atoms with Crippen molar-refractivity contribution in [1.82, 2.24) is 0 Å². The molecule has 0 amide bonds. The molecule has 1 saturated heterocycles. The maximum absolute atomic E-state index is 12.6. The van der Waals surface area contributed by atoms with Crippen LogP contribution in [-0.4, -0.2) is 39.0 Å². The van der Waals surface area contributed by atoms with Crippen molar-refractivity contribution < 1.29 is 9.53 Å². The molecule has 0 bridgehead atoms. The quantitative estimate of drug-likeness (QED) is 0.206. The van der Waals surface area contributed by atoms with Crippen molar-refractivity contribution in [3.05, 3.63) is 121 Å². The number of hydrogen-bond donors (Lipinski definition) is 0. The van der Waals surface area contributed by atoms with Gasteiger partial charge >= 0.3 is 230 Å². The summed E-state index contributed by atoms with van der Waals surface area (Å²) in [6, 6.07) is 44.8. The summed E-state index contributed by atoms with van der Waals surface area (Å²) in [5.41, 5.74) is 0.495. The molecule has 4 aromatic rings. The molecule has 1 aliphatic carbocycles. The van der Waals surface area contributed by atoms with E-state index in [9.17, 15) is 4.79 Å². The van der Waals surface area contributed by atoms with Gasteiger partial charge in [-0.1, -0.05) is 0 Å². The number of carbonyl (C=O) groups is 1. The third kappa shape index (κ3) is 4.47. The minimum absolute atomic E-state index is 0.00552. The van der Waals surface area contributed by atoms with E-state index in [1.807, 2.05) is 0 Å². The van der Waals surface area contributed by atoms with Crippen LogP contribution in [0.25, 0.3) is 0 Å². The van der Waals surface area contributed by atoms with Crippen molar-refractivity contribution in [2.75, 3.05) is 6.16 Å². The number of hydrogen-bond acceptors (Lipinski definition) is 2. The Morgan fingerprint density at radius 2 is 1.08 bits per heavy atom. The fourth-order valence-electron chi connectivity index (χ4n) is 7.61. The number of esters is 1. The van der Waals surface area contributed by atoms with Crippen molar-refractivity contribution >= 4 is 56.6 Å². The molecule has 4 atom stereocenters. The summed E-state index contributed by atoms with van der Waals surface area (Å²) < 4.78 is 6.04. The zero-order valence-electron chi connectivity index (χ0n) is 22.3. The fourth-order valence-corrected chi connectivity index (χ4v) is 16.9. The van der Waals surface area contributed by atoms with E-state index in [0.717, 1.165) is 12.6 Å². The molecule has 38 heavy (non-hydrogen) atoms. The Labute approximate surface area is 229 Å². The number of ether oxygens (including phenoxy) is 1. The Balaban J connectivity index is 1.50. The van der Waals surface area contributed by atoms with Gasteiger partial charge in [0.15, 0.2) is 0 Å². The van der Waals surface area contributed by atoms with E-state index in [2.05, 4.69) is 136 Å². The van der Waals surface area contributed by atoms with Crippen LogP contribution in [0.2, 0.25) is 0 Å². The van der Waals surface area contributed by atoms with Crippen molar-refractivity contribution in [2.24, 2.45) is 11.8 Å². The van der Waals surface area contributed by atoms with E-state index >= 15 is 0 Å². The molecule has 1 saturated carbocycles. The summed E-state index contributed by atoms with van der Waals surface area (Å²) in [4.78, 5) is 12.6. The molecule has 2 nitrogen and oxygen atoms in total. The minimum atomic E-state index is -2.19. The van der Waals surface area contributed by atoms with Gasteiger partial charge in [-0.15, -0.1) is 0 Å². The monoisotopic (exact) mass is 536 g/mol. The van der Waals surface area contributed by atoms with E-state index < -0.39 is 14.3 Å². The molecular weight excluding hydrogens is 500 g/mol. The summed E-state index contributed by atoms with van der Waals surface area (Å²) in [6.45, 7) is 0. The third-order valence-corrected chi connectivity index (χ3v) is 19.4. The standard InChI is InChI=1S/C32H36B2O2P2/c33-37(24-13-5-1-6-14-24,25-15-7-2-8-16-25)23-29-28-21-32(35)36-30(28)22-31(29)38(34,26-17-9-3-10-18-26)27-19-11-4-12-20-27/h1-20,28-31,37-38H,21-23,33-34H2/t28-,29-,30+,31+/m1/s1. The van der Waals surface area contributed by atoms with Crippen molar-refractivity contribution in [2.45, 2.75) is 24.6 Å². The van der Waals surface area contributed by atoms with Crippen molar-refractivity contribution in [1.29, 1.82) is 0 Å². The molecule has 192 valence electrons. The van der Waals surface area contributed by atoms with Gasteiger partial charge in [-0.05, 0) is 0 Å². The summed E-state index contributed by atoms with van der Waals surface area (Å²) in [5, 5.41) is 5.91. The first-order chi connectivity index (χ1) is 18.5. The molecule has 1 heterocycles. The number of benzene rings is 4.